The average Bonchev–Trinajstić information content (AvgIpc) is 2.70. The summed E-state index contributed by atoms with van der Waals surface area (Å²) in [7, 11) is 0. The van der Waals surface area contributed by atoms with Crippen LogP contribution in [0.4, 0.5) is 18.9 Å². The van der Waals surface area contributed by atoms with Crippen LogP contribution in [-0.4, -0.2) is 23.4 Å². The number of carbonyl (C=O) groups is 1. The normalized spacial score (nSPS) is 19.5. The van der Waals surface area contributed by atoms with E-state index >= 15 is 0 Å². The molecule has 2 aromatic carbocycles. The molecule has 0 aromatic heterocycles. The second kappa shape index (κ2) is 8.26. The molecule has 0 radical (unpaired) electrons. The fourth-order valence-electron chi connectivity index (χ4n) is 4.08. The molecule has 166 valence electrons. The van der Waals surface area contributed by atoms with Gasteiger partial charge in [0.2, 0.25) is 0 Å². The van der Waals surface area contributed by atoms with Gasteiger partial charge in [0.25, 0.3) is 11.8 Å². The van der Waals surface area contributed by atoms with Crippen molar-refractivity contribution in [2.75, 3.05) is 11.6 Å². The highest BCUT2D eigenvalue weighted by Crippen LogP contribution is 2.34. The number of nitrogens with zero attached hydrogens (tertiary/aromatic N) is 2. The Hall–Kier alpha value is -3.00. The van der Waals surface area contributed by atoms with Crippen LogP contribution < -0.4 is 16.6 Å². The molecular weight excluding hydrogens is 405 g/mol. The molecule has 1 aliphatic heterocycles. The van der Waals surface area contributed by atoms with E-state index < -0.39 is 12.0 Å². The van der Waals surface area contributed by atoms with Gasteiger partial charge in [-0.25, -0.2) is 19.0 Å². The summed E-state index contributed by atoms with van der Waals surface area (Å²) in [5, 5.41) is 1.40. The summed E-state index contributed by atoms with van der Waals surface area (Å²) in [6, 6.07) is 9.54. The van der Waals surface area contributed by atoms with Crippen LogP contribution in [0.1, 0.15) is 42.3 Å². The number of rotatable bonds is 4. The Morgan fingerprint density at radius 3 is 2.35 bits per heavy atom. The molecule has 1 amide bonds. The molecule has 0 aliphatic carbocycles. The summed E-state index contributed by atoms with van der Waals surface area (Å²) < 4.78 is 41.1. The first-order chi connectivity index (χ1) is 14.4. The van der Waals surface area contributed by atoms with E-state index in [2.05, 4.69) is 0 Å². The Morgan fingerprint density at radius 2 is 1.77 bits per heavy atom. The Balaban J connectivity index is 1.95. The van der Waals surface area contributed by atoms with Crippen LogP contribution >= 0.6 is 0 Å². The Kier molecular flexibility index (Phi) is 6.04. The zero-order valence-electron chi connectivity index (χ0n) is 18.0. The van der Waals surface area contributed by atoms with E-state index in [0.29, 0.717) is 23.6 Å². The number of hydrogen-bond acceptors (Lipinski definition) is 4. The van der Waals surface area contributed by atoms with Crippen molar-refractivity contribution < 1.29 is 18.0 Å². The van der Waals surface area contributed by atoms with Gasteiger partial charge in [0.1, 0.15) is 5.82 Å². The highest BCUT2D eigenvalue weighted by molar-refractivity contribution is 5.96. The van der Waals surface area contributed by atoms with Crippen LogP contribution in [0.5, 0.6) is 0 Å². The van der Waals surface area contributed by atoms with Crippen LogP contribution in [0.15, 0.2) is 53.9 Å². The molecule has 0 fully saturated rings. The Morgan fingerprint density at radius 1 is 1.16 bits per heavy atom. The third-order valence-corrected chi connectivity index (χ3v) is 5.81. The van der Waals surface area contributed by atoms with Gasteiger partial charge in [0, 0.05) is 30.5 Å². The fourth-order valence-corrected chi connectivity index (χ4v) is 4.08. The largest absolute Gasteiger partial charge is 0.399 e. The smallest absolute Gasteiger partial charge is 0.270 e. The van der Waals surface area contributed by atoms with Gasteiger partial charge >= 0.3 is 0 Å². The molecule has 31 heavy (non-hydrogen) atoms. The summed E-state index contributed by atoms with van der Waals surface area (Å²) >= 11 is 0. The zero-order valence-corrected chi connectivity index (χ0v) is 18.0. The van der Waals surface area contributed by atoms with Gasteiger partial charge in [-0.3, -0.25) is 9.80 Å². The second-order valence-electron chi connectivity index (χ2n) is 8.09. The number of amides is 1. The van der Waals surface area contributed by atoms with Crippen molar-refractivity contribution in [1.29, 1.82) is 0 Å². The fraction of sp³-hybridized carbons (Fsp3) is 0.348. The first-order valence-corrected chi connectivity index (χ1v) is 10.0. The van der Waals surface area contributed by atoms with Crippen LogP contribution in [-0.2, 0) is 5.92 Å². The quantitative estimate of drug-likeness (QED) is 0.559. The predicted molar refractivity (Wildman–Crippen MR) is 115 cm³/mol. The molecule has 2 unspecified atom stereocenters. The molecule has 0 saturated carbocycles. The second-order valence-corrected chi connectivity index (χ2v) is 8.09. The van der Waals surface area contributed by atoms with Gasteiger partial charge in [-0.1, -0.05) is 19.1 Å². The molecule has 0 saturated heterocycles. The van der Waals surface area contributed by atoms with Crippen LogP contribution in [0.3, 0.4) is 0 Å². The SMILES string of the molecule is Cc1c(C(=O)N2CC(C)C(N(N)c3ccc(F)cc3)=C(N)C2C)cccc1C(C)(F)F. The number of anilines is 1. The predicted octanol–water partition coefficient (Wildman–Crippen LogP) is 4.28. The van der Waals surface area contributed by atoms with E-state index in [4.69, 9.17) is 11.6 Å². The Bertz CT molecular complexity index is 1010. The molecule has 1 heterocycles. The number of alkyl halides is 2. The summed E-state index contributed by atoms with van der Waals surface area (Å²) in [5.41, 5.74) is 8.28. The van der Waals surface area contributed by atoms with Gasteiger partial charge in [-0.05, 0) is 49.7 Å². The van der Waals surface area contributed by atoms with Gasteiger partial charge in [0.15, 0.2) is 0 Å². The van der Waals surface area contributed by atoms with E-state index in [0.717, 1.165) is 6.92 Å². The third-order valence-electron chi connectivity index (χ3n) is 5.81. The Labute approximate surface area is 180 Å². The molecule has 0 spiro atoms. The highest BCUT2D eigenvalue weighted by Gasteiger charge is 2.36. The molecular formula is C23H27F3N4O. The van der Waals surface area contributed by atoms with Crippen molar-refractivity contribution in [1.82, 2.24) is 4.90 Å². The maximum atomic E-state index is 13.9. The number of hydrazine groups is 1. The first kappa shape index (κ1) is 22.7. The summed E-state index contributed by atoms with van der Waals surface area (Å²) in [5.74, 6) is 2.25. The minimum absolute atomic E-state index is 0.176. The minimum Gasteiger partial charge on any atom is -0.399 e. The lowest BCUT2D eigenvalue weighted by Gasteiger charge is -2.41. The molecule has 8 heteroatoms. The van der Waals surface area contributed by atoms with Crippen molar-refractivity contribution in [3.63, 3.8) is 0 Å². The standard InChI is InChI=1S/C23H27F3N4O/c1-13-12-29(22(31)18-6-5-7-19(14(18)2)23(4,25)26)15(3)20(27)21(13)30(28)17-10-8-16(24)9-11-17/h5-11,13,15H,12,27-28H2,1-4H3. The molecule has 3 rings (SSSR count). The lowest BCUT2D eigenvalue weighted by molar-refractivity contribution is 0.0167. The van der Waals surface area contributed by atoms with Gasteiger partial charge in [0.05, 0.1) is 23.1 Å². The van der Waals surface area contributed by atoms with E-state index in [-0.39, 0.29) is 34.3 Å². The summed E-state index contributed by atoms with van der Waals surface area (Å²) in [6.07, 6.45) is 0. The molecule has 0 bridgehead atoms. The van der Waals surface area contributed by atoms with Crippen LogP contribution in [0, 0.1) is 18.7 Å². The van der Waals surface area contributed by atoms with Crippen molar-refractivity contribution in [3.8, 4) is 0 Å². The third kappa shape index (κ3) is 4.25. The molecule has 4 N–H and O–H groups in total. The van der Waals surface area contributed by atoms with Crippen molar-refractivity contribution >= 4 is 11.6 Å². The first-order valence-electron chi connectivity index (χ1n) is 10.0. The molecule has 1 aliphatic rings. The molecule has 5 nitrogen and oxygen atoms in total. The van der Waals surface area contributed by atoms with E-state index in [1.54, 1.807) is 30.0 Å². The zero-order chi connectivity index (χ0) is 23.1. The van der Waals surface area contributed by atoms with Crippen molar-refractivity contribution in [2.45, 2.75) is 39.7 Å². The molecule has 2 atom stereocenters. The van der Waals surface area contributed by atoms with Gasteiger partial charge in [-0.2, -0.15) is 0 Å². The van der Waals surface area contributed by atoms with E-state index in [1.807, 2.05) is 6.92 Å². The topological polar surface area (TPSA) is 75.6 Å². The highest BCUT2D eigenvalue weighted by atomic mass is 19.3. The lowest BCUT2D eigenvalue weighted by Crippen LogP contribution is -2.52. The number of hydrogen-bond donors (Lipinski definition) is 2. The lowest BCUT2D eigenvalue weighted by atomic mass is 9.92. The van der Waals surface area contributed by atoms with E-state index in [1.165, 1.54) is 36.2 Å². The maximum Gasteiger partial charge on any atom is 0.270 e. The van der Waals surface area contributed by atoms with Crippen LogP contribution in [0.25, 0.3) is 0 Å². The van der Waals surface area contributed by atoms with Gasteiger partial charge in [-0.15, -0.1) is 0 Å². The number of carbonyl (C=O) groups excluding carboxylic acids is 1. The average molecular weight is 432 g/mol. The number of benzene rings is 2. The van der Waals surface area contributed by atoms with E-state index in [9.17, 15) is 18.0 Å². The molecule has 2 aromatic rings. The maximum absolute atomic E-state index is 13.9. The van der Waals surface area contributed by atoms with Crippen molar-refractivity contribution in [2.24, 2.45) is 17.5 Å². The van der Waals surface area contributed by atoms with Gasteiger partial charge < -0.3 is 10.6 Å². The summed E-state index contributed by atoms with van der Waals surface area (Å²) in [6.45, 7) is 6.29. The minimum atomic E-state index is -3.05. The van der Waals surface area contributed by atoms with Crippen molar-refractivity contribution in [3.05, 3.63) is 76.4 Å². The van der Waals surface area contributed by atoms with Crippen LogP contribution in [0.2, 0.25) is 0 Å². The number of halogens is 3. The monoisotopic (exact) mass is 432 g/mol. The number of nitrogens with two attached hydrogens (primary N) is 2. The summed E-state index contributed by atoms with van der Waals surface area (Å²) in [4.78, 5) is 14.9.